The SMILES string of the molecule is C[C@@H](C1=[C]C=CC1P(c1ccco1)c1ccco1)P(C(C)(C)C)C(C)(C)C. The van der Waals surface area contributed by atoms with Crippen LogP contribution in [-0.2, 0) is 0 Å². The number of hydrogen-bond acceptors (Lipinski definition) is 2. The quantitative estimate of drug-likeness (QED) is 0.539. The van der Waals surface area contributed by atoms with Gasteiger partial charge in [0.2, 0.25) is 0 Å². The smallest absolute Gasteiger partial charge is 0.134 e. The summed E-state index contributed by atoms with van der Waals surface area (Å²) >= 11 is 0. The van der Waals surface area contributed by atoms with Gasteiger partial charge in [0.25, 0.3) is 0 Å². The first-order valence-corrected chi connectivity index (χ1v) is 12.4. The van der Waals surface area contributed by atoms with Crippen molar-refractivity contribution in [1.82, 2.24) is 0 Å². The van der Waals surface area contributed by atoms with E-state index >= 15 is 0 Å². The Labute approximate surface area is 166 Å². The van der Waals surface area contributed by atoms with Crippen LogP contribution in [0.25, 0.3) is 0 Å². The van der Waals surface area contributed by atoms with E-state index in [1.807, 2.05) is 12.1 Å². The molecule has 1 unspecified atom stereocenters. The second-order valence-electron chi connectivity index (χ2n) is 9.06. The van der Waals surface area contributed by atoms with Crippen LogP contribution in [0, 0.1) is 6.08 Å². The van der Waals surface area contributed by atoms with Gasteiger partial charge in [0.05, 0.1) is 12.5 Å². The fourth-order valence-corrected chi connectivity index (χ4v) is 11.9. The van der Waals surface area contributed by atoms with E-state index in [1.54, 1.807) is 12.5 Å². The third-order valence-corrected chi connectivity index (χ3v) is 11.3. The van der Waals surface area contributed by atoms with Crippen molar-refractivity contribution in [2.24, 2.45) is 0 Å². The molecule has 1 radical (unpaired) electrons. The Morgan fingerprint density at radius 1 is 0.926 bits per heavy atom. The first-order valence-electron chi connectivity index (χ1n) is 9.56. The van der Waals surface area contributed by atoms with E-state index in [9.17, 15) is 0 Å². The zero-order valence-electron chi connectivity index (χ0n) is 17.5. The van der Waals surface area contributed by atoms with Gasteiger partial charge in [-0.2, -0.15) is 0 Å². The van der Waals surface area contributed by atoms with E-state index in [-0.39, 0.29) is 23.9 Å². The van der Waals surface area contributed by atoms with Gasteiger partial charge < -0.3 is 8.83 Å². The molecular weight excluding hydrogens is 370 g/mol. The molecular formula is C23H31O2P2. The van der Waals surface area contributed by atoms with Crippen LogP contribution in [0.4, 0.5) is 0 Å². The van der Waals surface area contributed by atoms with Gasteiger partial charge in [-0.3, -0.25) is 0 Å². The summed E-state index contributed by atoms with van der Waals surface area (Å²) in [6.07, 6.45) is 11.5. The van der Waals surface area contributed by atoms with Crippen LogP contribution in [0.5, 0.6) is 0 Å². The zero-order valence-corrected chi connectivity index (χ0v) is 19.3. The molecule has 145 valence electrons. The molecule has 2 aromatic rings. The molecule has 0 saturated carbocycles. The Bertz CT molecular complexity index is 738. The average molecular weight is 401 g/mol. The largest absolute Gasteiger partial charge is 0.464 e. The maximum absolute atomic E-state index is 5.85. The molecule has 0 saturated heterocycles. The van der Waals surface area contributed by atoms with Crippen LogP contribution in [-0.4, -0.2) is 21.6 Å². The lowest BCUT2D eigenvalue weighted by atomic mass is 10.1. The summed E-state index contributed by atoms with van der Waals surface area (Å²) in [4.78, 5) is 0. The third-order valence-electron chi connectivity index (χ3n) is 4.90. The monoisotopic (exact) mass is 401 g/mol. The molecule has 1 aliphatic carbocycles. The first kappa shape index (κ1) is 20.6. The van der Waals surface area contributed by atoms with Crippen molar-refractivity contribution in [2.75, 3.05) is 0 Å². The van der Waals surface area contributed by atoms with Gasteiger partial charge in [0.1, 0.15) is 11.0 Å². The number of rotatable bonds is 5. The highest BCUT2D eigenvalue weighted by molar-refractivity contribution is 7.73. The van der Waals surface area contributed by atoms with E-state index < -0.39 is 7.92 Å². The zero-order chi connectivity index (χ0) is 19.8. The second kappa shape index (κ2) is 7.73. The maximum atomic E-state index is 5.85. The van der Waals surface area contributed by atoms with E-state index in [4.69, 9.17) is 8.83 Å². The lowest BCUT2D eigenvalue weighted by Gasteiger charge is -2.47. The van der Waals surface area contributed by atoms with Crippen LogP contribution < -0.4 is 11.0 Å². The standard InChI is InChI=1S/C23H31O2P2/c1-17(27(22(2,3)4)23(5,6)7)18-11-8-12-19(18)26(20-13-9-15-24-20)21-14-10-16-25-21/h8-10,12-17,19H,1-7H3/t17-,19?/m0/s1. The Morgan fingerprint density at radius 3 is 1.85 bits per heavy atom. The normalized spacial score (nSPS) is 19.1. The fraction of sp³-hybridized carbons (Fsp3) is 0.478. The molecule has 2 heterocycles. The molecule has 2 aromatic heterocycles. The molecule has 0 amide bonds. The Balaban J connectivity index is 1.99. The molecule has 3 rings (SSSR count). The first-order chi connectivity index (χ1) is 12.6. The summed E-state index contributed by atoms with van der Waals surface area (Å²) in [5, 5.41) is 0.542. The summed E-state index contributed by atoms with van der Waals surface area (Å²) in [5.74, 6) is 0. The molecule has 4 heteroatoms. The van der Waals surface area contributed by atoms with E-state index in [2.05, 4.69) is 78.8 Å². The van der Waals surface area contributed by atoms with Gasteiger partial charge in [0, 0.05) is 19.2 Å². The fourth-order valence-electron chi connectivity index (χ4n) is 4.52. The predicted molar refractivity (Wildman–Crippen MR) is 119 cm³/mol. The number of furan rings is 2. The van der Waals surface area contributed by atoms with Crippen molar-refractivity contribution < 1.29 is 8.83 Å². The average Bonchev–Trinajstić information content (AvgIpc) is 3.28. The third kappa shape index (κ3) is 4.33. The van der Waals surface area contributed by atoms with Gasteiger partial charge >= 0.3 is 0 Å². The van der Waals surface area contributed by atoms with Gasteiger partial charge in [-0.15, -0.1) is 0 Å². The minimum Gasteiger partial charge on any atom is -0.464 e. The van der Waals surface area contributed by atoms with Gasteiger partial charge in [0.15, 0.2) is 0 Å². The molecule has 1 aliphatic rings. The highest BCUT2D eigenvalue weighted by atomic mass is 31.1. The van der Waals surface area contributed by atoms with Crippen LogP contribution >= 0.6 is 15.8 Å². The van der Waals surface area contributed by atoms with Crippen molar-refractivity contribution in [3.8, 4) is 0 Å². The predicted octanol–water partition coefficient (Wildman–Crippen LogP) is 6.44. The number of allylic oxidation sites excluding steroid dienone is 4. The summed E-state index contributed by atoms with van der Waals surface area (Å²) < 4.78 is 11.7. The number of hydrogen-bond donors (Lipinski definition) is 0. The molecule has 2 nitrogen and oxygen atoms in total. The summed E-state index contributed by atoms with van der Waals surface area (Å²) in [6, 6.07) is 8.11. The van der Waals surface area contributed by atoms with Gasteiger partial charge in [-0.1, -0.05) is 68.5 Å². The summed E-state index contributed by atoms with van der Waals surface area (Å²) in [5.41, 5.74) is 4.19. The molecule has 0 aromatic carbocycles. The van der Waals surface area contributed by atoms with Crippen LogP contribution in [0.15, 0.2) is 63.4 Å². The van der Waals surface area contributed by atoms with Crippen molar-refractivity contribution in [3.05, 3.63) is 60.6 Å². The second-order valence-corrected chi connectivity index (χ2v) is 15.4. The van der Waals surface area contributed by atoms with Crippen molar-refractivity contribution in [1.29, 1.82) is 0 Å². The van der Waals surface area contributed by atoms with Gasteiger partial charge in [-0.05, 0) is 46.2 Å². The molecule has 0 fully saturated rings. The van der Waals surface area contributed by atoms with E-state index in [0.29, 0.717) is 5.66 Å². The lowest BCUT2D eigenvalue weighted by Crippen LogP contribution is -2.33. The molecule has 2 atom stereocenters. The van der Waals surface area contributed by atoms with Crippen molar-refractivity contribution >= 4 is 26.8 Å². The van der Waals surface area contributed by atoms with E-state index in [0.717, 1.165) is 11.0 Å². The van der Waals surface area contributed by atoms with Crippen LogP contribution in [0.3, 0.4) is 0 Å². The molecule has 0 bridgehead atoms. The van der Waals surface area contributed by atoms with Crippen LogP contribution in [0.2, 0.25) is 0 Å². The maximum Gasteiger partial charge on any atom is 0.134 e. The Kier molecular flexibility index (Phi) is 5.90. The topological polar surface area (TPSA) is 26.3 Å². The lowest BCUT2D eigenvalue weighted by molar-refractivity contribution is 0.592. The molecule has 27 heavy (non-hydrogen) atoms. The summed E-state index contributed by atoms with van der Waals surface area (Å²) in [6.45, 7) is 16.7. The Hall–Kier alpha value is -1.10. The summed E-state index contributed by atoms with van der Waals surface area (Å²) in [7, 11) is -1.03. The minimum atomic E-state index is -0.755. The van der Waals surface area contributed by atoms with E-state index in [1.165, 1.54) is 5.57 Å². The highest BCUT2D eigenvalue weighted by Crippen LogP contribution is 2.65. The van der Waals surface area contributed by atoms with Crippen molar-refractivity contribution in [2.45, 2.75) is 70.1 Å². The molecule has 0 N–H and O–H groups in total. The molecule has 0 spiro atoms. The minimum absolute atomic E-state index is 0.271. The van der Waals surface area contributed by atoms with Gasteiger partial charge in [-0.25, -0.2) is 0 Å². The van der Waals surface area contributed by atoms with Crippen molar-refractivity contribution in [3.63, 3.8) is 0 Å². The highest BCUT2D eigenvalue weighted by Gasteiger charge is 2.43. The van der Waals surface area contributed by atoms with Crippen LogP contribution in [0.1, 0.15) is 48.5 Å². The molecule has 0 aliphatic heterocycles. The Morgan fingerprint density at radius 2 is 1.44 bits per heavy atom.